The molecule has 2 heteroatoms. The van der Waals surface area contributed by atoms with E-state index >= 15 is 0 Å². The monoisotopic (exact) mass is 258 g/mol. The number of rotatable bonds is 2. The van der Waals surface area contributed by atoms with Crippen LogP contribution < -0.4 is 5.32 Å². The van der Waals surface area contributed by atoms with Crippen LogP contribution in [0.1, 0.15) is 17.2 Å². The van der Waals surface area contributed by atoms with Gasteiger partial charge in [0.2, 0.25) is 0 Å². The highest BCUT2D eigenvalue weighted by atomic mass is 14.9. The lowest BCUT2D eigenvalue weighted by molar-refractivity contribution is 0.972. The molecule has 1 N–H and O–H groups in total. The molecule has 0 spiro atoms. The third-order valence-electron chi connectivity index (χ3n) is 3.83. The molecule has 2 nitrogen and oxygen atoms in total. The van der Waals surface area contributed by atoms with Gasteiger partial charge < -0.3 is 5.32 Å². The summed E-state index contributed by atoms with van der Waals surface area (Å²) in [5.74, 6) is 0. The minimum atomic E-state index is 0.213. The van der Waals surface area contributed by atoms with E-state index in [0.717, 1.165) is 5.69 Å². The number of fused-ring (bicyclic) bond motifs is 3. The van der Waals surface area contributed by atoms with Crippen molar-refractivity contribution in [2.45, 2.75) is 6.04 Å². The molecule has 0 fully saturated rings. The molecule has 20 heavy (non-hydrogen) atoms. The summed E-state index contributed by atoms with van der Waals surface area (Å²) in [6.45, 7) is 0. The van der Waals surface area contributed by atoms with Gasteiger partial charge in [0.25, 0.3) is 0 Å². The molecule has 0 amide bonds. The Morgan fingerprint density at radius 2 is 1.25 bits per heavy atom. The molecular weight excluding hydrogens is 244 g/mol. The molecule has 0 saturated heterocycles. The van der Waals surface area contributed by atoms with Crippen LogP contribution in [0.2, 0.25) is 0 Å². The molecule has 0 aliphatic heterocycles. The van der Waals surface area contributed by atoms with Gasteiger partial charge in [-0.25, -0.2) is 0 Å². The topological polar surface area (TPSA) is 24.9 Å². The van der Waals surface area contributed by atoms with Gasteiger partial charge in [0.1, 0.15) is 0 Å². The maximum absolute atomic E-state index is 4.07. The van der Waals surface area contributed by atoms with E-state index in [0.29, 0.717) is 0 Å². The number of aromatic nitrogens is 1. The fourth-order valence-corrected chi connectivity index (χ4v) is 2.93. The Hall–Kier alpha value is -2.61. The van der Waals surface area contributed by atoms with Gasteiger partial charge in [-0.15, -0.1) is 0 Å². The molecular formula is C18H14N2. The van der Waals surface area contributed by atoms with Crippen molar-refractivity contribution < 1.29 is 0 Å². The van der Waals surface area contributed by atoms with Gasteiger partial charge in [-0.1, -0.05) is 48.5 Å². The molecule has 1 aromatic heterocycles. The van der Waals surface area contributed by atoms with Gasteiger partial charge in [0.15, 0.2) is 0 Å². The highest BCUT2D eigenvalue weighted by Crippen LogP contribution is 2.44. The van der Waals surface area contributed by atoms with Crippen molar-refractivity contribution in [3.8, 4) is 11.1 Å². The van der Waals surface area contributed by atoms with Crippen LogP contribution in [0.25, 0.3) is 11.1 Å². The number of anilines is 1. The summed E-state index contributed by atoms with van der Waals surface area (Å²) in [5, 5.41) is 3.61. The number of hydrogen-bond donors (Lipinski definition) is 1. The second-order valence-electron chi connectivity index (χ2n) is 4.99. The summed E-state index contributed by atoms with van der Waals surface area (Å²) in [6.07, 6.45) is 3.63. The molecule has 0 saturated carbocycles. The van der Waals surface area contributed by atoms with Gasteiger partial charge in [0.05, 0.1) is 6.04 Å². The molecule has 1 aliphatic carbocycles. The lowest BCUT2D eigenvalue weighted by Gasteiger charge is -2.17. The average molecular weight is 258 g/mol. The number of pyridine rings is 1. The van der Waals surface area contributed by atoms with Gasteiger partial charge >= 0.3 is 0 Å². The van der Waals surface area contributed by atoms with Crippen LogP contribution in [-0.4, -0.2) is 4.98 Å². The molecule has 0 atom stereocenters. The average Bonchev–Trinajstić information content (AvgIpc) is 2.84. The number of hydrogen-bond acceptors (Lipinski definition) is 2. The summed E-state index contributed by atoms with van der Waals surface area (Å²) in [7, 11) is 0. The van der Waals surface area contributed by atoms with Crippen molar-refractivity contribution in [3.63, 3.8) is 0 Å². The first-order valence-electron chi connectivity index (χ1n) is 6.78. The van der Waals surface area contributed by atoms with Crippen LogP contribution in [0.4, 0.5) is 5.69 Å². The third kappa shape index (κ3) is 1.69. The smallest absolute Gasteiger partial charge is 0.0779 e. The van der Waals surface area contributed by atoms with Crippen LogP contribution in [0.5, 0.6) is 0 Å². The van der Waals surface area contributed by atoms with Crippen LogP contribution in [0.3, 0.4) is 0 Å². The summed E-state index contributed by atoms with van der Waals surface area (Å²) in [6, 6.07) is 21.4. The lowest BCUT2D eigenvalue weighted by Crippen LogP contribution is -2.09. The molecule has 2 aromatic carbocycles. The van der Waals surface area contributed by atoms with Crippen molar-refractivity contribution in [1.82, 2.24) is 4.98 Å². The highest BCUT2D eigenvalue weighted by Gasteiger charge is 2.27. The molecule has 3 aromatic rings. The van der Waals surface area contributed by atoms with E-state index in [4.69, 9.17) is 0 Å². The number of nitrogens with one attached hydrogen (secondary N) is 1. The van der Waals surface area contributed by atoms with Gasteiger partial charge in [-0.05, 0) is 34.4 Å². The maximum atomic E-state index is 4.07. The fraction of sp³-hybridized carbons (Fsp3) is 0.0556. The Morgan fingerprint density at radius 1 is 0.700 bits per heavy atom. The van der Waals surface area contributed by atoms with E-state index in [-0.39, 0.29) is 6.04 Å². The predicted molar refractivity (Wildman–Crippen MR) is 81.6 cm³/mol. The van der Waals surface area contributed by atoms with E-state index in [9.17, 15) is 0 Å². The second kappa shape index (κ2) is 4.49. The lowest BCUT2D eigenvalue weighted by atomic mass is 10.1. The van der Waals surface area contributed by atoms with E-state index in [1.807, 2.05) is 24.5 Å². The summed E-state index contributed by atoms with van der Waals surface area (Å²) < 4.78 is 0. The first-order valence-corrected chi connectivity index (χ1v) is 6.78. The van der Waals surface area contributed by atoms with E-state index in [1.165, 1.54) is 22.3 Å². The van der Waals surface area contributed by atoms with Crippen molar-refractivity contribution in [1.29, 1.82) is 0 Å². The van der Waals surface area contributed by atoms with E-state index in [1.54, 1.807) is 0 Å². The Bertz CT molecular complexity index is 705. The van der Waals surface area contributed by atoms with Crippen LogP contribution in [0, 0.1) is 0 Å². The maximum Gasteiger partial charge on any atom is 0.0779 e. The summed E-state index contributed by atoms with van der Waals surface area (Å²) in [5.41, 5.74) is 6.43. The van der Waals surface area contributed by atoms with Crippen molar-refractivity contribution >= 4 is 5.69 Å². The zero-order chi connectivity index (χ0) is 13.4. The van der Waals surface area contributed by atoms with Gasteiger partial charge in [-0.3, -0.25) is 4.98 Å². The predicted octanol–water partition coefficient (Wildman–Crippen LogP) is 4.26. The SMILES string of the molecule is c1ccc2c(c1)-c1ccccc1C2Nc1ccncc1. The van der Waals surface area contributed by atoms with E-state index < -0.39 is 0 Å². The Kier molecular flexibility index (Phi) is 2.52. The number of benzene rings is 2. The fourth-order valence-electron chi connectivity index (χ4n) is 2.93. The molecule has 1 aliphatic rings. The minimum absolute atomic E-state index is 0.213. The first-order chi connectivity index (χ1) is 9.93. The van der Waals surface area contributed by atoms with Gasteiger partial charge in [0, 0.05) is 18.1 Å². The highest BCUT2D eigenvalue weighted by molar-refractivity contribution is 5.80. The van der Waals surface area contributed by atoms with Crippen LogP contribution in [0.15, 0.2) is 73.1 Å². The van der Waals surface area contributed by atoms with Gasteiger partial charge in [-0.2, -0.15) is 0 Å². The van der Waals surface area contributed by atoms with Crippen molar-refractivity contribution in [3.05, 3.63) is 84.2 Å². The standard InChI is InChI=1S/C18H14N2/c1-3-7-16-14(5-1)15-6-2-4-8-17(15)18(16)20-13-9-11-19-12-10-13/h1-12,18H,(H,19,20). The molecule has 0 radical (unpaired) electrons. The Labute approximate surface area is 118 Å². The Morgan fingerprint density at radius 3 is 1.85 bits per heavy atom. The molecule has 96 valence electrons. The normalized spacial score (nSPS) is 12.8. The molecule has 4 rings (SSSR count). The quantitative estimate of drug-likeness (QED) is 0.742. The molecule has 1 heterocycles. The molecule has 0 bridgehead atoms. The third-order valence-corrected chi connectivity index (χ3v) is 3.83. The first kappa shape index (κ1) is 11.2. The van der Waals surface area contributed by atoms with E-state index in [2.05, 4.69) is 58.8 Å². The van der Waals surface area contributed by atoms with Crippen LogP contribution >= 0.6 is 0 Å². The minimum Gasteiger partial charge on any atom is -0.374 e. The van der Waals surface area contributed by atoms with Crippen molar-refractivity contribution in [2.24, 2.45) is 0 Å². The second-order valence-corrected chi connectivity index (χ2v) is 4.99. The largest absolute Gasteiger partial charge is 0.374 e. The summed E-state index contributed by atoms with van der Waals surface area (Å²) >= 11 is 0. The number of nitrogens with zero attached hydrogens (tertiary/aromatic N) is 1. The summed E-state index contributed by atoms with van der Waals surface area (Å²) in [4.78, 5) is 4.07. The zero-order valence-corrected chi connectivity index (χ0v) is 11.0. The van der Waals surface area contributed by atoms with Crippen LogP contribution in [-0.2, 0) is 0 Å². The zero-order valence-electron chi connectivity index (χ0n) is 11.0. The Balaban J connectivity index is 1.83. The van der Waals surface area contributed by atoms with Crippen molar-refractivity contribution in [2.75, 3.05) is 5.32 Å². The molecule has 0 unspecified atom stereocenters.